The molecule has 35 heavy (non-hydrogen) atoms. The van der Waals surface area contributed by atoms with Crippen LogP contribution in [0.25, 0.3) is 21.8 Å². The Bertz CT molecular complexity index is 1240. The number of aromatic nitrogens is 3. The summed E-state index contributed by atoms with van der Waals surface area (Å²) in [6.07, 6.45) is 2.38. The number of anilines is 1. The zero-order chi connectivity index (χ0) is 24.8. The van der Waals surface area contributed by atoms with Crippen LogP contribution in [0, 0.1) is 0 Å². The van der Waals surface area contributed by atoms with Gasteiger partial charge in [0.25, 0.3) is 5.56 Å². The second-order valence-electron chi connectivity index (χ2n) is 8.72. The van der Waals surface area contributed by atoms with E-state index in [2.05, 4.69) is 20.7 Å². The lowest BCUT2D eigenvalue weighted by Gasteiger charge is -2.15. The number of amides is 2. The number of hydrogen-bond donors (Lipinski definition) is 2. The average Bonchev–Trinajstić information content (AvgIpc) is 3.45. The smallest absolute Gasteiger partial charge is 0.267 e. The molecule has 1 aliphatic rings. The van der Waals surface area contributed by atoms with Gasteiger partial charge in [-0.15, -0.1) is 0 Å². The number of hydrogen-bond acceptors (Lipinski definition) is 7. The minimum absolute atomic E-state index is 0.0793. The van der Waals surface area contributed by atoms with Crippen molar-refractivity contribution in [3.63, 3.8) is 0 Å². The summed E-state index contributed by atoms with van der Waals surface area (Å²) >= 11 is 1.33. The van der Waals surface area contributed by atoms with E-state index in [4.69, 9.17) is 0 Å². The van der Waals surface area contributed by atoms with E-state index in [9.17, 15) is 14.4 Å². The third kappa shape index (κ3) is 6.20. The molecular weight excluding hydrogens is 464 g/mol. The maximum Gasteiger partial charge on any atom is 0.267 e. The Kier molecular flexibility index (Phi) is 8.04. The van der Waals surface area contributed by atoms with Crippen LogP contribution in [-0.2, 0) is 9.59 Å². The van der Waals surface area contributed by atoms with Crippen molar-refractivity contribution in [3.8, 4) is 21.8 Å². The molecule has 9 nitrogen and oxygen atoms in total. The van der Waals surface area contributed by atoms with Crippen molar-refractivity contribution in [1.82, 2.24) is 25.0 Å². The molecule has 3 heterocycles. The molecule has 1 aromatic carbocycles. The molecule has 4 rings (SSSR count). The van der Waals surface area contributed by atoms with Crippen molar-refractivity contribution in [1.29, 1.82) is 0 Å². The summed E-state index contributed by atoms with van der Waals surface area (Å²) in [5, 5.41) is 11.0. The number of thiazole rings is 1. The first-order chi connectivity index (χ1) is 16.9. The topological polar surface area (TPSA) is 109 Å². The molecule has 1 fully saturated rings. The highest BCUT2D eigenvalue weighted by Crippen LogP contribution is 2.37. The molecule has 10 heteroatoms. The Morgan fingerprint density at radius 1 is 1.14 bits per heavy atom. The van der Waals surface area contributed by atoms with Crippen LogP contribution in [0.5, 0.6) is 0 Å². The number of benzene rings is 1. The van der Waals surface area contributed by atoms with Gasteiger partial charge in [-0.2, -0.15) is 5.10 Å². The molecule has 0 spiro atoms. The van der Waals surface area contributed by atoms with Crippen LogP contribution in [0.4, 0.5) is 5.13 Å². The molecule has 0 radical (unpaired) electrons. The van der Waals surface area contributed by atoms with E-state index in [0.29, 0.717) is 29.5 Å². The largest absolute Gasteiger partial charge is 0.343 e. The second kappa shape index (κ2) is 11.4. The van der Waals surface area contributed by atoms with Gasteiger partial charge < -0.3 is 15.5 Å². The van der Waals surface area contributed by atoms with Crippen molar-refractivity contribution in [2.75, 3.05) is 31.5 Å². The van der Waals surface area contributed by atoms with Crippen LogP contribution < -0.4 is 16.2 Å². The summed E-state index contributed by atoms with van der Waals surface area (Å²) in [6, 6.07) is 12.8. The van der Waals surface area contributed by atoms with Gasteiger partial charge in [0.2, 0.25) is 11.8 Å². The van der Waals surface area contributed by atoms with Crippen molar-refractivity contribution in [3.05, 3.63) is 52.8 Å². The lowest BCUT2D eigenvalue weighted by atomic mass is 10.1. The summed E-state index contributed by atoms with van der Waals surface area (Å²) in [6.45, 7) is 6.17. The molecule has 0 aliphatic carbocycles. The summed E-state index contributed by atoms with van der Waals surface area (Å²) in [4.78, 5) is 43.7. The van der Waals surface area contributed by atoms with Gasteiger partial charge in [-0.05, 0) is 39.3 Å². The highest BCUT2D eigenvalue weighted by Gasteiger charge is 2.20. The molecular formula is C25H30N6O3S. The van der Waals surface area contributed by atoms with Gasteiger partial charge in [0.05, 0.1) is 23.2 Å². The SMILES string of the molecule is CC(C)n1nc(-c2sc(NC(=O)CNCCCN3CCCC3=O)nc2-c2ccccc2)ccc1=O. The molecule has 2 amide bonds. The molecule has 0 bridgehead atoms. The number of likely N-dealkylation sites (tertiary alicyclic amines) is 1. The quantitative estimate of drug-likeness (QED) is 0.419. The van der Waals surface area contributed by atoms with Gasteiger partial charge in [0.1, 0.15) is 5.69 Å². The number of carbonyl (C=O) groups excluding carboxylic acids is 2. The lowest BCUT2D eigenvalue weighted by Crippen LogP contribution is -2.32. The minimum Gasteiger partial charge on any atom is -0.343 e. The molecule has 2 aromatic heterocycles. The van der Waals surface area contributed by atoms with Crippen molar-refractivity contribution < 1.29 is 9.59 Å². The highest BCUT2D eigenvalue weighted by atomic mass is 32.1. The molecule has 184 valence electrons. The van der Waals surface area contributed by atoms with Crippen molar-refractivity contribution in [2.24, 2.45) is 0 Å². The third-order valence-electron chi connectivity index (χ3n) is 5.71. The number of rotatable bonds is 10. The monoisotopic (exact) mass is 494 g/mol. The fraction of sp³-hybridized carbons (Fsp3) is 0.400. The fourth-order valence-corrected chi connectivity index (χ4v) is 4.92. The third-order valence-corrected chi connectivity index (χ3v) is 6.70. The first-order valence-corrected chi connectivity index (χ1v) is 12.7. The average molecular weight is 495 g/mol. The van der Waals surface area contributed by atoms with Gasteiger partial charge in [-0.1, -0.05) is 41.7 Å². The van der Waals surface area contributed by atoms with Gasteiger partial charge >= 0.3 is 0 Å². The molecule has 0 saturated carbocycles. The molecule has 1 saturated heterocycles. The van der Waals surface area contributed by atoms with E-state index in [1.54, 1.807) is 6.07 Å². The second-order valence-corrected chi connectivity index (χ2v) is 9.72. The van der Waals surface area contributed by atoms with E-state index < -0.39 is 0 Å². The number of carbonyl (C=O) groups is 2. The fourth-order valence-electron chi connectivity index (χ4n) is 3.96. The van der Waals surface area contributed by atoms with Crippen LogP contribution in [0.15, 0.2) is 47.3 Å². The van der Waals surface area contributed by atoms with Crippen LogP contribution in [0.2, 0.25) is 0 Å². The Morgan fingerprint density at radius 2 is 1.94 bits per heavy atom. The predicted octanol–water partition coefficient (Wildman–Crippen LogP) is 3.16. The summed E-state index contributed by atoms with van der Waals surface area (Å²) in [5.74, 6) is 0.0251. The van der Waals surface area contributed by atoms with Gasteiger partial charge in [0, 0.05) is 31.1 Å². The molecule has 0 atom stereocenters. The predicted molar refractivity (Wildman–Crippen MR) is 137 cm³/mol. The van der Waals surface area contributed by atoms with E-state index in [1.807, 2.05) is 49.1 Å². The molecule has 1 aliphatic heterocycles. The summed E-state index contributed by atoms with van der Waals surface area (Å²) < 4.78 is 1.45. The Labute approximate surface area is 208 Å². The Balaban J connectivity index is 1.44. The van der Waals surface area contributed by atoms with Gasteiger partial charge in [0.15, 0.2) is 5.13 Å². The van der Waals surface area contributed by atoms with Gasteiger partial charge in [-0.25, -0.2) is 9.67 Å². The van der Waals surface area contributed by atoms with E-state index in [0.717, 1.165) is 36.4 Å². The minimum atomic E-state index is -0.192. The zero-order valence-electron chi connectivity index (χ0n) is 20.0. The molecule has 2 N–H and O–H groups in total. The van der Waals surface area contributed by atoms with Crippen LogP contribution in [-0.4, -0.2) is 57.7 Å². The maximum absolute atomic E-state index is 12.5. The van der Waals surface area contributed by atoms with Crippen molar-refractivity contribution >= 4 is 28.3 Å². The van der Waals surface area contributed by atoms with Crippen molar-refractivity contribution in [2.45, 2.75) is 39.2 Å². The Hall–Kier alpha value is -3.37. The number of nitrogens with one attached hydrogen (secondary N) is 2. The normalized spacial score (nSPS) is 13.6. The standard InChI is InChI=1S/C25H30N6O3S/c1-17(2)31-22(34)12-11-19(29-31)24-23(18-8-4-3-5-9-18)28-25(35-24)27-20(32)16-26-13-7-15-30-14-6-10-21(30)33/h3-5,8-9,11-12,17,26H,6-7,10,13-16H2,1-2H3,(H,27,28,32). The van der Waals surface area contributed by atoms with Crippen LogP contribution >= 0.6 is 11.3 Å². The highest BCUT2D eigenvalue weighted by molar-refractivity contribution is 7.19. The molecule has 0 unspecified atom stereocenters. The number of nitrogens with zero attached hydrogens (tertiary/aromatic N) is 4. The van der Waals surface area contributed by atoms with E-state index in [1.165, 1.54) is 22.1 Å². The van der Waals surface area contributed by atoms with E-state index in [-0.39, 0.29) is 30.0 Å². The van der Waals surface area contributed by atoms with Gasteiger partial charge in [-0.3, -0.25) is 14.4 Å². The maximum atomic E-state index is 12.5. The van der Waals surface area contributed by atoms with Crippen LogP contribution in [0.1, 0.15) is 39.2 Å². The molecule has 3 aromatic rings. The zero-order valence-corrected chi connectivity index (χ0v) is 20.8. The first-order valence-electron chi connectivity index (χ1n) is 11.9. The lowest BCUT2D eigenvalue weighted by molar-refractivity contribution is -0.127. The van der Waals surface area contributed by atoms with E-state index >= 15 is 0 Å². The first kappa shape index (κ1) is 24.7. The summed E-state index contributed by atoms with van der Waals surface area (Å²) in [5.41, 5.74) is 2.07. The summed E-state index contributed by atoms with van der Waals surface area (Å²) in [7, 11) is 0. The Morgan fingerprint density at radius 3 is 2.66 bits per heavy atom. The van der Waals surface area contributed by atoms with Crippen LogP contribution in [0.3, 0.4) is 0 Å².